The summed E-state index contributed by atoms with van der Waals surface area (Å²) in [6.45, 7) is 10.3. The molecule has 2 unspecified atom stereocenters. The van der Waals surface area contributed by atoms with Gasteiger partial charge in [-0.2, -0.15) is 0 Å². The van der Waals surface area contributed by atoms with E-state index < -0.39 is 12.2 Å². The molecule has 0 aliphatic rings. The summed E-state index contributed by atoms with van der Waals surface area (Å²) < 4.78 is 21.5. The first-order chi connectivity index (χ1) is 15.8. The SMILES string of the molecule is CC.COCC(COc1ccc(C(C)(C)c2ccc(OCC(O)CCl)cc2)cc1)OC(C)=O. The first-order valence-corrected chi connectivity index (χ1v) is 11.7. The van der Waals surface area contributed by atoms with Crippen molar-refractivity contribution in [2.24, 2.45) is 0 Å². The molecule has 7 heteroatoms. The summed E-state index contributed by atoms with van der Waals surface area (Å²) in [6, 6.07) is 15.7. The molecule has 0 fully saturated rings. The van der Waals surface area contributed by atoms with Gasteiger partial charge in [0.2, 0.25) is 0 Å². The lowest BCUT2D eigenvalue weighted by Gasteiger charge is -2.26. The number of carbonyl (C=O) groups is 1. The molecule has 2 aromatic carbocycles. The van der Waals surface area contributed by atoms with E-state index in [4.69, 9.17) is 30.5 Å². The highest BCUT2D eigenvalue weighted by Crippen LogP contribution is 2.33. The number of hydrogen-bond donors (Lipinski definition) is 1. The lowest BCUT2D eigenvalue weighted by Crippen LogP contribution is -2.28. The summed E-state index contributed by atoms with van der Waals surface area (Å²) in [5.74, 6) is 1.15. The molecular weight excluding hydrogens is 444 g/mol. The third-order valence-electron chi connectivity index (χ3n) is 4.89. The number of carbonyl (C=O) groups excluding carboxylic acids is 1. The zero-order chi connectivity index (χ0) is 24.9. The molecule has 0 heterocycles. The highest BCUT2D eigenvalue weighted by atomic mass is 35.5. The van der Waals surface area contributed by atoms with Crippen molar-refractivity contribution in [2.75, 3.05) is 32.8 Å². The summed E-state index contributed by atoms with van der Waals surface area (Å²) in [6.07, 6.45) is -1.14. The maximum atomic E-state index is 11.2. The van der Waals surface area contributed by atoms with Crippen LogP contribution in [0.1, 0.15) is 45.7 Å². The molecule has 0 aromatic heterocycles. The molecular formula is C26H37ClO6. The number of methoxy groups -OCH3 is 1. The highest BCUT2D eigenvalue weighted by molar-refractivity contribution is 6.18. The van der Waals surface area contributed by atoms with Gasteiger partial charge in [0.05, 0.1) is 12.5 Å². The zero-order valence-electron chi connectivity index (χ0n) is 20.5. The topological polar surface area (TPSA) is 74.2 Å². The molecule has 2 rings (SSSR count). The lowest BCUT2D eigenvalue weighted by atomic mass is 9.78. The highest BCUT2D eigenvalue weighted by Gasteiger charge is 2.23. The normalized spacial score (nSPS) is 12.7. The van der Waals surface area contributed by atoms with Gasteiger partial charge >= 0.3 is 5.97 Å². The Kier molecular flexibility index (Phi) is 12.9. The number of alkyl halides is 1. The number of aliphatic hydroxyl groups is 1. The van der Waals surface area contributed by atoms with Crippen molar-refractivity contribution in [3.8, 4) is 11.5 Å². The second kappa shape index (κ2) is 14.8. The van der Waals surface area contributed by atoms with Gasteiger partial charge in [0, 0.05) is 19.4 Å². The third kappa shape index (κ3) is 9.62. The van der Waals surface area contributed by atoms with Crippen LogP contribution in [0.4, 0.5) is 0 Å². The van der Waals surface area contributed by atoms with Crippen LogP contribution in [0.3, 0.4) is 0 Å². The van der Waals surface area contributed by atoms with Gasteiger partial charge in [-0.15, -0.1) is 11.6 Å². The van der Waals surface area contributed by atoms with Gasteiger partial charge in [0.15, 0.2) is 6.10 Å². The number of esters is 1. The quantitative estimate of drug-likeness (QED) is 0.341. The van der Waals surface area contributed by atoms with Crippen LogP contribution in [-0.2, 0) is 19.7 Å². The third-order valence-corrected chi connectivity index (χ3v) is 5.25. The van der Waals surface area contributed by atoms with Crippen LogP contribution in [0.5, 0.6) is 11.5 Å². The number of aliphatic hydroxyl groups excluding tert-OH is 1. The molecule has 6 nitrogen and oxygen atoms in total. The van der Waals surface area contributed by atoms with Crippen molar-refractivity contribution in [3.63, 3.8) is 0 Å². The molecule has 2 aromatic rings. The van der Waals surface area contributed by atoms with Crippen LogP contribution in [0.15, 0.2) is 48.5 Å². The summed E-state index contributed by atoms with van der Waals surface area (Å²) in [4.78, 5) is 11.2. The number of halogens is 1. The Balaban J connectivity index is 0.00000265. The van der Waals surface area contributed by atoms with Gasteiger partial charge < -0.3 is 24.1 Å². The molecule has 1 N–H and O–H groups in total. The smallest absolute Gasteiger partial charge is 0.303 e. The predicted octanol–water partition coefficient (Wildman–Crippen LogP) is 4.97. The molecule has 0 spiro atoms. The monoisotopic (exact) mass is 480 g/mol. The minimum Gasteiger partial charge on any atom is -0.491 e. The van der Waals surface area contributed by atoms with E-state index in [0.29, 0.717) is 11.5 Å². The van der Waals surface area contributed by atoms with Crippen LogP contribution >= 0.6 is 11.6 Å². The van der Waals surface area contributed by atoms with Crippen LogP contribution in [0, 0.1) is 0 Å². The van der Waals surface area contributed by atoms with Crippen molar-refractivity contribution < 1.29 is 28.8 Å². The number of ether oxygens (including phenoxy) is 4. The molecule has 0 aliphatic carbocycles. The van der Waals surface area contributed by atoms with Crippen molar-refractivity contribution in [1.29, 1.82) is 0 Å². The Morgan fingerprint density at radius 2 is 1.36 bits per heavy atom. The van der Waals surface area contributed by atoms with Gasteiger partial charge in [-0.25, -0.2) is 0 Å². The molecule has 0 saturated heterocycles. The van der Waals surface area contributed by atoms with E-state index >= 15 is 0 Å². The molecule has 0 bridgehead atoms. The molecule has 0 amide bonds. The summed E-state index contributed by atoms with van der Waals surface area (Å²) in [7, 11) is 1.55. The lowest BCUT2D eigenvalue weighted by molar-refractivity contribution is -0.150. The first kappa shape index (κ1) is 28.8. The minimum atomic E-state index is -0.683. The van der Waals surface area contributed by atoms with Crippen molar-refractivity contribution in [2.45, 2.75) is 52.2 Å². The van der Waals surface area contributed by atoms with Crippen LogP contribution in [0.2, 0.25) is 0 Å². The van der Waals surface area contributed by atoms with Gasteiger partial charge in [-0.05, 0) is 35.4 Å². The van der Waals surface area contributed by atoms with Gasteiger partial charge in [-0.3, -0.25) is 4.79 Å². The predicted molar refractivity (Wildman–Crippen MR) is 132 cm³/mol. The fraction of sp³-hybridized carbons (Fsp3) is 0.500. The molecule has 0 aliphatic heterocycles. The number of rotatable bonds is 12. The minimum absolute atomic E-state index is 0.140. The molecule has 2 atom stereocenters. The summed E-state index contributed by atoms with van der Waals surface area (Å²) >= 11 is 5.59. The Hall–Kier alpha value is -2.28. The van der Waals surface area contributed by atoms with E-state index in [1.54, 1.807) is 7.11 Å². The van der Waals surface area contributed by atoms with Gasteiger partial charge in [0.1, 0.15) is 30.8 Å². The Morgan fingerprint density at radius 3 is 1.76 bits per heavy atom. The van der Waals surface area contributed by atoms with Crippen molar-refractivity contribution in [1.82, 2.24) is 0 Å². The fourth-order valence-corrected chi connectivity index (χ4v) is 3.15. The van der Waals surface area contributed by atoms with E-state index in [9.17, 15) is 9.90 Å². The molecule has 184 valence electrons. The zero-order valence-corrected chi connectivity index (χ0v) is 21.2. The fourth-order valence-electron chi connectivity index (χ4n) is 3.07. The van der Waals surface area contributed by atoms with Crippen molar-refractivity contribution in [3.05, 3.63) is 59.7 Å². The molecule has 0 radical (unpaired) electrons. The Labute approximate surface area is 202 Å². The number of hydrogen-bond acceptors (Lipinski definition) is 6. The number of benzene rings is 2. The van der Waals surface area contributed by atoms with E-state index in [1.165, 1.54) is 6.92 Å². The Bertz CT molecular complexity index is 805. The average molecular weight is 481 g/mol. The second-order valence-corrected chi connectivity index (χ2v) is 8.10. The van der Waals surface area contributed by atoms with E-state index in [-0.39, 0.29) is 37.1 Å². The maximum absolute atomic E-state index is 11.2. The largest absolute Gasteiger partial charge is 0.491 e. The summed E-state index contributed by atoms with van der Waals surface area (Å²) in [5.41, 5.74) is 2.02. The maximum Gasteiger partial charge on any atom is 0.303 e. The van der Waals surface area contributed by atoms with E-state index in [0.717, 1.165) is 11.1 Å². The summed E-state index contributed by atoms with van der Waals surface area (Å²) in [5, 5.41) is 9.51. The Morgan fingerprint density at radius 1 is 0.909 bits per heavy atom. The van der Waals surface area contributed by atoms with Crippen LogP contribution in [0.25, 0.3) is 0 Å². The van der Waals surface area contributed by atoms with Gasteiger partial charge in [0.25, 0.3) is 0 Å². The van der Waals surface area contributed by atoms with E-state index in [1.807, 2.05) is 62.4 Å². The average Bonchev–Trinajstić information content (AvgIpc) is 2.82. The van der Waals surface area contributed by atoms with Crippen molar-refractivity contribution >= 4 is 17.6 Å². The first-order valence-electron chi connectivity index (χ1n) is 11.1. The molecule has 0 saturated carbocycles. The van der Waals surface area contributed by atoms with Crippen LogP contribution in [-0.4, -0.2) is 56.1 Å². The second-order valence-electron chi connectivity index (χ2n) is 7.79. The van der Waals surface area contributed by atoms with Crippen LogP contribution < -0.4 is 9.47 Å². The standard InChI is InChI=1S/C24H31ClO6.C2H6/c1-17(26)31-23(15-28-4)16-30-22-11-7-19(8-12-22)24(2,3)18-5-9-21(10-6-18)29-14-20(27)13-25;1-2/h5-12,20,23,27H,13-16H2,1-4H3;1-2H3. The van der Waals surface area contributed by atoms with Gasteiger partial charge in [-0.1, -0.05) is 52.0 Å². The van der Waals surface area contributed by atoms with E-state index in [2.05, 4.69) is 13.8 Å². The molecule has 33 heavy (non-hydrogen) atoms.